The average molecular weight is 302 g/mol. The van der Waals surface area contributed by atoms with Crippen LogP contribution in [0.2, 0.25) is 5.28 Å². The van der Waals surface area contributed by atoms with Gasteiger partial charge in [0.05, 0.1) is 17.3 Å². The fourth-order valence-electron chi connectivity index (χ4n) is 2.38. The molecule has 0 bridgehead atoms. The molecule has 0 amide bonds. The van der Waals surface area contributed by atoms with Crippen LogP contribution in [-0.2, 0) is 6.42 Å². The van der Waals surface area contributed by atoms with Crippen LogP contribution in [0, 0.1) is 0 Å². The number of hydrogen-bond acceptors (Lipinski definition) is 4. The maximum atomic E-state index is 6.05. The van der Waals surface area contributed by atoms with Gasteiger partial charge in [-0.25, -0.2) is 4.68 Å². The van der Waals surface area contributed by atoms with Crippen LogP contribution in [0.5, 0.6) is 0 Å². The molecule has 0 aliphatic rings. The number of nitrogens with zero attached hydrogens (tertiary/aromatic N) is 4. The first-order valence-electron chi connectivity index (χ1n) is 6.98. The van der Waals surface area contributed by atoms with E-state index < -0.39 is 0 Å². The van der Waals surface area contributed by atoms with Crippen LogP contribution >= 0.6 is 11.6 Å². The summed E-state index contributed by atoms with van der Waals surface area (Å²) in [7, 11) is 0. The van der Waals surface area contributed by atoms with Gasteiger partial charge < -0.3 is 5.32 Å². The van der Waals surface area contributed by atoms with Crippen LogP contribution in [0.3, 0.4) is 0 Å². The van der Waals surface area contributed by atoms with Crippen molar-refractivity contribution < 1.29 is 0 Å². The Morgan fingerprint density at radius 2 is 2.00 bits per heavy atom. The van der Waals surface area contributed by atoms with Gasteiger partial charge in [-0.1, -0.05) is 25.1 Å². The Balaban J connectivity index is 2.25. The molecule has 3 aromatic rings. The van der Waals surface area contributed by atoms with E-state index >= 15 is 0 Å². The number of rotatable bonds is 4. The van der Waals surface area contributed by atoms with E-state index in [1.807, 2.05) is 29.8 Å². The number of hydrogen-bond donors (Lipinski definition) is 1. The Morgan fingerprint density at radius 1 is 1.19 bits per heavy atom. The van der Waals surface area contributed by atoms with Crippen LogP contribution in [0.4, 0.5) is 5.82 Å². The number of aromatic nitrogens is 4. The van der Waals surface area contributed by atoms with Crippen LogP contribution in [0.1, 0.15) is 19.4 Å². The van der Waals surface area contributed by atoms with Crippen molar-refractivity contribution in [3.8, 4) is 5.69 Å². The second-order valence-corrected chi connectivity index (χ2v) is 4.99. The lowest BCUT2D eigenvalue weighted by Crippen LogP contribution is -2.04. The molecule has 0 unspecified atom stereocenters. The van der Waals surface area contributed by atoms with Gasteiger partial charge in [-0.05, 0) is 36.6 Å². The van der Waals surface area contributed by atoms with Crippen molar-refractivity contribution in [1.82, 2.24) is 19.7 Å². The molecule has 0 radical (unpaired) electrons. The largest absolute Gasteiger partial charge is 0.370 e. The van der Waals surface area contributed by atoms with Gasteiger partial charge in [0.15, 0.2) is 5.65 Å². The lowest BCUT2D eigenvalue weighted by atomic mass is 10.1. The van der Waals surface area contributed by atoms with Crippen molar-refractivity contribution in [2.75, 3.05) is 11.9 Å². The molecule has 1 N–H and O–H groups in total. The van der Waals surface area contributed by atoms with Gasteiger partial charge in [0, 0.05) is 6.54 Å². The van der Waals surface area contributed by atoms with Crippen molar-refractivity contribution in [2.24, 2.45) is 0 Å². The number of fused-ring (bicyclic) bond motifs is 1. The molecule has 3 rings (SSSR count). The molecule has 0 aliphatic heterocycles. The van der Waals surface area contributed by atoms with Crippen molar-refractivity contribution in [1.29, 1.82) is 0 Å². The minimum Gasteiger partial charge on any atom is -0.370 e. The third kappa shape index (κ3) is 2.45. The standard InChI is InChI=1S/C15H16ClN5/c1-3-10-7-5-6-8-12(10)21-14-11(9-18-21)13(17-4-2)19-15(16)20-14/h5-9H,3-4H2,1-2H3,(H,17,19,20). The van der Waals surface area contributed by atoms with Crippen molar-refractivity contribution in [3.05, 3.63) is 41.3 Å². The highest BCUT2D eigenvalue weighted by molar-refractivity contribution is 6.28. The topological polar surface area (TPSA) is 55.6 Å². The van der Waals surface area contributed by atoms with Crippen molar-refractivity contribution in [3.63, 3.8) is 0 Å². The summed E-state index contributed by atoms with van der Waals surface area (Å²) in [6.45, 7) is 4.90. The zero-order valence-electron chi connectivity index (χ0n) is 12.0. The molecule has 2 heterocycles. The monoisotopic (exact) mass is 301 g/mol. The number of para-hydroxylation sites is 1. The van der Waals surface area contributed by atoms with Gasteiger partial charge in [0.1, 0.15) is 5.82 Å². The first-order chi connectivity index (χ1) is 10.2. The smallest absolute Gasteiger partial charge is 0.226 e. The molecule has 0 aliphatic carbocycles. The van der Waals surface area contributed by atoms with E-state index in [4.69, 9.17) is 11.6 Å². The van der Waals surface area contributed by atoms with E-state index in [0.717, 1.165) is 24.0 Å². The Labute approximate surface area is 128 Å². The van der Waals surface area contributed by atoms with E-state index in [1.54, 1.807) is 6.20 Å². The Bertz CT molecular complexity index is 781. The maximum Gasteiger partial charge on any atom is 0.226 e. The van der Waals surface area contributed by atoms with Crippen LogP contribution in [0.25, 0.3) is 16.7 Å². The quantitative estimate of drug-likeness (QED) is 0.750. The van der Waals surface area contributed by atoms with Crippen LogP contribution in [-0.4, -0.2) is 26.3 Å². The molecule has 108 valence electrons. The van der Waals surface area contributed by atoms with E-state index in [9.17, 15) is 0 Å². The maximum absolute atomic E-state index is 6.05. The lowest BCUT2D eigenvalue weighted by molar-refractivity contribution is 0.877. The van der Waals surface area contributed by atoms with E-state index in [0.29, 0.717) is 11.5 Å². The van der Waals surface area contributed by atoms with Gasteiger partial charge in [-0.3, -0.25) is 0 Å². The molecule has 0 atom stereocenters. The van der Waals surface area contributed by atoms with Crippen LogP contribution < -0.4 is 5.32 Å². The number of benzene rings is 1. The minimum absolute atomic E-state index is 0.217. The molecule has 0 saturated heterocycles. The zero-order valence-corrected chi connectivity index (χ0v) is 12.7. The molecule has 1 aromatic carbocycles. The molecule has 2 aromatic heterocycles. The summed E-state index contributed by atoms with van der Waals surface area (Å²) in [5.41, 5.74) is 2.95. The lowest BCUT2D eigenvalue weighted by Gasteiger charge is -2.09. The highest BCUT2D eigenvalue weighted by Gasteiger charge is 2.14. The normalized spacial score (nSPS) is 11.0. The van der Waals surface area contributed by atoms with Gasteiger partial charge >= 0.3 is 0 Å². The van der Waals surface area contributed by atoms with Gasteiger partial charge in [0.2, 0.25) is 5.28 Å². The zero-order chi connectivity index (χ0) is 14.8. The van der Waals surface area contributed by atoms with Gasteiger partial charge in [0.25, 0.3) is 0 Å². The van der Waals surface area contributed by atoms with Crippen molar-refractivity contribution in [2.45, 2.75) is 20.3 Å². The summed E-state index contributed by atoms with van der Waals surface area (Å²) in [5.74, 6) is 0.715. The summed E-state index contributed by atoms with van der Waals surface area (Å²) in [6.07, 6.45) is 2.70. The average Bonchev–Trinajstić information content (AvgIpc) is 2.91. The van der Waals surface area contributed by atoms with E-state index in [2.05, 4.69) is 33.4 Å². The Kier molecular flexibility index (Phi) is 3.75. The SMILES string of the molecule is CCNc1nc(Cl)nc2c1cnn2-c1ccccc1CC. The first-order valence-corrected chi connectivity index (χ1v) is 7.35. The Morgan fingerprint density at radius 3 is 2.76 bits per heavy atom. The fourth-order valence-corrected chi connectivity index (χ4v) is 2.54. The Hall–Kier alpha value is -2.14. The third-order valence-corrected chi connectivity index (χ3v) is 3.52. The summed E-state index contributed by atoms with van der Waals surface area (Å²) in [5, 5.41) is 8.75. The molecular formula is C15H16ClN5. The molecular weight excluding hydrogens is 286 g/mol. The number of halogens is 1. The second kappa shape index (κ2) is 5.69. The fraction of sp³-hybridized carbons (Fsp3) is 0.267. The summed E-state index contributed by atoms with van der Waals surface area (Å²) < 4.78 is 1.82. The predicted octanol–water partition coefficient (Wildman–Crippen LogP) is 3.46. The second-order valence-electron chi connectivity index (χ2n) is 4.65. The van der Waals surface area contributed by atoms with E-state index in [1.165, 1.54) is 5.56 Å². The highest BCUT2D eigenvalue weighted by atomic mass is 35.5. The number of aryl methyl sites for hydroxylation is 1. The number of anilines is 1. The molecule has 21 heavy (non-hydrogen) atoms. The molecule has 0 fully saturated rings. The van der Waals surface area contributed by atoms with Crippen molar-refractivity contribution >= 4 is 28.5 Å². The molecule has 6 heteroatoms. The number of nitrogens with one attached hydrogen (secondary N) is 1. The molecule has 0 spiro atoms. The van der Waals surface area contributed by atoms with Gasteiger partial charge in [-0.15, -0.1) is 0 Å². The van der Waals surface area contributed by atoms with Gasteiger partial charge in [-0.2, -0.15) is 15.1 Å². The first kappa shape index (κ1) is 13.8. The van der Waals surface area contributed by atoms with Crippen LogP contribution in [0.15, 0.2) is 30.5 Å². The van der Waals surface area contributed by atoms with E-state index in [-0.39, 0.29) is 5.28 Å². The summed E-state index contributed by atoms with van der Waals surface area (Å²) in [6, 6.07) is 8.15. The highest BCUT2D eigenvalue weighted by Crippen LogP contribution is 2.25. The minimum atomic E-state index is 0.217. The third-order valence-electron chi connectivity index (χ3n) is 3.35. The summed E-state index contributed by atoms with van der Waals surface area (Å²) >= 11 is 6.05. The molecule has 5 nitrogen and oxygen atoms in total. The predicted molar refractivity (Wildman–Crippen MR) is 85.2 cm³/mol. The summed E-state index contributed by atoms with van der Waals surface area (Å²) in [4.78, 5) is 8.58. The molecule has 0 saturated carbocycles.